The predicted molar refractivity (Wildman–Crippen MR) is 53.1 cm³/mol. The van der Waals surface area contributed by atoms with Gasteiger partial charge >= 0.3 is 58.4 Å². The maximum atomic E-state index is 12.4. The predicted octanol–water partition coefficient (Wildman–Crippen LogP) is -2.60. The molecule has 0 amide bonds. The average molecular weight is 293 g/mol. The molecule has 0 heterocycles. The van der Waals surface area contributed by atoms with E-state index < -0.39 is 27.4 Å². The number of hydrogen-bond acceptors (Lipinski definition) is 3. The molecule has 4 nitrogen and oxygen atoms in total. The van der Waals surface area contributed by atoms with Gasteiger partial charge < -0.3 is 17.7 Å². The molecule has 0 saturated heterocycles. The third-order valence-corrected chi connectivity index (χ3v) is 2.74. The van der Waals surface area contributed by atoms with Crippen LogP contribution in [0.25, 0.3) is 0 Å². The van der Waals surface area contributed by atoms with Crippen molar-refractivity contribution in [3.63, 3.8) is 0 Å². The molecule has 0 aromatic heterocycles. The second-order valence-electron chi connectivity index (χ2n) is 3.06. The average Bonchev–Trinajstić information content (AvgIpc) is 2.14. The number of primary sulfonamides is 1. The maximum absolute atomic E-state index is 12.4. The summed E-state index contributed by atoms with van der Waals surface area (Å²) in [6, 6.07) is 2.13. The molecule has 0 aliphatic carbocycles. The van der Waals surface area contributed by atoms with E-state index in [1.807, 2.05) is 0 Å². The Morgan fingerprint density at radius 2 is 1.76 bits per heavy atom. The number of ether oxygens (including phenoxy) is 1. The van der Waals surface area contributed by atoms with Crippen LogP contribution in [0.4, 0.5) is 12.9 Å². The van der Waals surface area contributed by atoms with Gasteiger partial charge in [0.15, 0.2) is 0 Å². The van der Waals surface area contributed by atoms with Crippen molar-refractivity contribution in [2.45, 2.75) is 4.90 Å². The van der Waals surface area contributed by atoms with Crippen LogP contribution in [0.3, 0.4) is 0 Å². The third kappa shape index (κ3) is 4.89. The first-order valence-corrected chi connectivity index (χ1v) is 5.61. The molecule has 2 N–H and O–H groups in total. The zero-order valence-corrected chi connectivity index (χ0v) is 13.1. The van der Waals surface area contributed by atoms with Gasteiger partial charge in [-0.05, 0) is 12.1 Å². The molecule has 0 unspecified atom stereocenters. The van der Waals surface area contributed by atoms with Gasteiger partial charge in [-0.2, -0.15) is 0 Å². The summed E-state index contributed by atoms with van der Waals surface area (Å²) in [5.74, 6) is -0.208. The van der Waals surface area contributed by atoms with E-state index in [-0.39, 0.29) is 57.1 Å². The molecular formula is C7H8BF3KNO3S. The minimum absolute atomic E-state index is 0. The van der Waals surface area contributed by atoms with Crippen molar-refractivity contribution in [2.75, 3.05) is 7.11 Å². The maximum Gasteiger partial charge on any atom is 1.00 e. The van der Waals surface area contributed by atoms with Crippen LogP contribution in [0, 0.1) is 0 Å². The quantitative estimate of drug-likeness (QED) is 0.621. The van der Waals surface area contributed by atoms with Gasteiger partial charge in [0.1, 0.15) is 5.75 Å². The van der Waals surface area contributed by atoms with E-state index in [2.05, 4.69) is 4.74 Å². The van der Waals surface area contributed by atoms with Crippen molar-refractivity contribution in [1.82, 2.24) is 0 Å². The molecule has 1 aromatic carbocycles. The van der Waals surface area contributed by atoms with Gasteiger partial charge in [0, 0.05) is 0 Å². The molecule has 17 heavy (non-hydrogen) atoms. The van der Waals surface area contributed by atoms with Crippen LogP contribution >= 0.6 is 0 Å². The molecule has 90 valence electrons. The molecule has 0 atom stereocenters. The van der Waals surface area contributed by atoms with E-state index in [0.717, 1.165) is 13.2 Å². The van der Waals surface area contributed by atoms with Crippen molar-refractivity contribution >= 4 is 22.5 Å². The Morgan fingerprint density at radius 3 is 2.12 bits per heavy atom. The standard InChI is InChI=1S/C7H8BF3NO3S.K/c1-15-6-2-5(8(9,10)11)3-7(4-6)16(12,13)14;/h2-4H,1H3,(H2,12,13,14);/q-1;+1. The Labute approximate surface area is 139 Å². The fourth-order valence-electron chi connectivity index (χ4n) is 1.06. The van der Waals surface area contributed by atoms with Crippen LogP contribution in [0.5, 0.6) is 5.75 Å². The SMILES string of the molecule is COc1cc([B-](F)(F)F)cc(S(N)(=O)=O)c1.[K+]. The molecule has 0 radical (unpaired) electrons. The van der Waals surface area contributed by atoms with Gasteiger partial charge in [0.2, 0.25) is 10.0 Å². The van der Waals surface area contributed by atoms with E-state index in [4.69, 9.17) is 5.14 Å². The van der Waals surface area contributed by atoms with E-state index in [1.54, 1.807) is 0 Å². The minimum Gasteiger partial charge on any atom is -0.497 e. The summed E-state index contributed by atoms with van der Waals surface area (Å²) in [7, 11) is -3.05. The second-order valence-corrected chi connectivity index (χ2v) is 4.62. The number of methoxy groups -OCH3 is 1. The molecule has 1 aromatic rings. The first-order valence-electron chi connectivity index (χ1n) is 4.06. The normalized spacial score (nSPS) is 11.8. The van der Waals surface area contributed by atoms with Gasteiger partial charge in [-0.3, -0.25) is 0 Å². The minimum atomic E-state index is -5.30. The summed E-state index contributed by atoms with van der Waals surface area (Å²) in [6.45, 7) is -5.30. The molecular weight excluding hydrogens is 285 g/mol. The second kappa shape index (κ2) is 6.04. The summed E-state index contributed by atoms with van der Waals surface area (Å²) in [6.07, 6.45) is 0. The van der Waals surface area contributed by atoms with Gasteiger partial charge in [0.25, 0.3) is 0 Å². The Balaban J connectivity index is 0.00000256. The van der Waals surface area contributed by atoms with E-state index in [9.17, 15) is 21.4 Å². The van der Waals surface area contributed by atoms with E-state index in [1.165, 1.54) is 0 Å². The summed E-state index contributed by atoms with van der Waals surface area (Å²) >= 11 is 0. The third-order valence-electron chi connectivity index (χ3n) is 1.84. The number of sulfonamides is 1. The van der Waals surface area contributed by atoms with E-state index in [0.29, 0.717) is 12.1 Å². The molecule has 0 fully saturated rings. The van der Waals surface area contributed by atoms with Gasteiger partial charge in [-0.1, -0.05) is 6.07 Å². The summed E-state index contributed by atoms with van der Waals surface area (Å²) in [4.78, 5) is -0.624. The first-order chi connectivity index (χ1) is 7.14. The molecule has 0 saturated carbocycles. The molecule has 0 aliphatic rings. The van der Waals surface area contributed by atoms with Gasteiger partial charge in [0.05, 0.1) is 12.0 Å². The van der Waals surface area contributed by atoms with Crippen LogP contribution in [0.15, 0.2) is 23.1 Å². The molecule has 0 bridgehead atoms. The van der Waals surface area contributed by atoms with Crippen molar-refractivity contribution in [3.8, 4) is 5.75 Å². The number of rotatable bonds is 3. The Kier molecular flexibility index (Phi) is 6.19. The smallest absolute Gasteiger partial charge is 0.497 e. The van der Waals surface area contributed by atoms with Crippen molar-refractivity contribution in [3.05, 3.63) is 18.2 Å². The number of hydrogen-bond donors (Lipinski definition) is 1. The number of benzene rings is 1. The van der Waals surface area contributed by atoms with Crippen LogP contribution < -0.4 is 66.7 Å². The molecule has 0 aliphatic heterocycles. The largest absolute Gasteiger partial charge is 1.00 e. The van der Waals surface area contributed by atoms with Crippen LogP contribution in [-0.2, 0) is 10.0 Å². The summed E-state index contributed by atoms with van der Waals surface area (Å²) < 4.78 is 63.8. The van der Waals surface area contributed by atoms with Gasteiger partial charge in [-0.25, -0.2) is 13.6 Å². The number of halogens is 3. The van der Waals surface area contributed by atoms with Crippen molar-refractivity contribution in [1.29, 1.82) is 0 Å². The fraction of sp³-hybridized carbons (Fsp3) is 0.143. The molecule has 1 rings (SSSR count). The fourth-order valence-corrected chi connectivity index (χ4v) is 1.65. The Hall–Kier alpha value is 0.421. The summed E-state index contributed by atoms with van der Waals surface area (Å²) in [5, 5.41) is 4.75. The van der Waals surface area contributed by atoms with Crippen LogP contribution in [0.2, 0.25) is 0 Å². The topological polar surface area (TPSA) is 69.4 Å². The Bertz CT molecular complexity index is 506. The van der Waals surface area contributed by atoms with Crippen molar-refractivity contribution < 1.29 is 77.5 Å². The Morgan fingerprint density at radius 1 is 1.24 bits per heavy atom. The molecule has 0 spiro atoms. The van der Waals surface area contributed by atoms with E-state index >= 15 is 0 Å². The number of nitrogens with two attached hydrogens (primary N) is 1. The van der Waals surface area contributed by atoms with Crippen LogP contribution in [-0.4, -0.2) is 22.5 Å². The monoisotopic (exact) mass is 293 g/mol. The first kappa shape index (κ1) is 17.4. The zero-order chi connectivity index (χ0) is 12.6. The van der Waals surface area contributed by atoms with Gasteiger partial charge in [-0.15, -0.1) is 5.46 Å². The molecule has 10 heteroatoms. The summed E-state index contributed by atoms with van der Waals surface area (Å²) in [5.41, 5.74) is -1.07. The van der Waals surface area contributed by atoms with Crippen LogP contribution in [0.1, 0.15) is 0 Å². The zero-order valence-electron chi connectivity index (χ0n) is 9.15. The van der Waals surface area contributed by atoms with Crippen molar-refractivity contribution in [2.24, 2.45) is 5.14 Å².